The zero-order valence-electron chi connectivity index (χ0n) is 12.1. The van der Waals surface area contributed by atoms with E-state index in [4.69, 9.17) is 17.4 Å². The Balaban J connectivity index is 2.01. The Morgan fingerprint density at radius 2 is 2.24 bits per heavy atom. The molecule has 2 atom stereocenters. The van der Waals surface area contributed by atoms with Gasteiger partial charge in [-0.05, 0) is 55.0 Å². The van der Waals surface area contributed by atoms with Crippen LogP contribution in [0.1, 0.15) is 47.2 Å². The van der Waals surface area contributed by atoms with E-state index in [1.54, 1.807) is 0 Å². The normalized spacial score (nSPS) is 19.1. The summed E-state index contributed by atoms with van der Waals surface area (Å²) in [4.78, 5) is 4.60. The van der Waals surface area contributed by atoms with Gasteiger partial charge in [0.15, 0.2) is 0 Å². The van der Waals surface area contributed by atoms with Crippen LogP contribution < -0.4 is 11.3 Å². The molecule has 4 heteroatoms. The minimum atomic E-state index is -0.00736. The SMILES string of the molecule is Cc1ccc(C(NN)C2CCCc3cccnc32)c(Cl)c1. The molecule has 0 saturated heterocycles. The molecule has 3 rings (SSSR count). The number of hydrogen-bond donors (Lipinski definition) is 2. The molecule has 0 amide bonds. The first kappa shape index (κ1) is 14.5. The van der Waals surface area contributed by atoms with Crippen molar-refractivity contribution in [2.45, 2.75) is 38.1 Å². The zero-order valence-corrected chi connectivity index (χ0v) is 12.9. The van der Waals surface area contributed by atoms with E-state index in [9.17, 15) is 0 Å². The van der Waals surface area contributed by atoms with Gasteiger partial charge < -0.3 is 0 Å². The lowest BCUT2D eigenvalue weighted by Crippen LogP contribution is -2.34. The molecule has 0 radical (unpaired) electrons. The Morgan fingerprint density at radius 3 is 3.00 bits per heavy atom. The molecule has 3 N–H and O–H groups in total. The summed E-state index contributed by atoms with van der Waals surface area (Å²) in [5.74, 6) is 6.13. The number of nitrogens with one attached hydrogen (secondary N) is 1. The monoisotopic (exact) mass is 301 g/mol. The molecular weight excluding hydrogens is 282 g/mol. The third-order valence-corrected chi connectivity index (χ3v) is 4.64. The number of aromatic nitrogens is 1. The van der Waals surface area contributed by atoms with E-state index in [2.05, 4.69) is 28.6 Å². The van der Waals surface area contributed by atoms with Gasteiger partial charge in [0.2, 0.25) is 0 Å². The number of benzene rings is 1. The molecule has 1 aromatic carbocycles. The van der Waals surface area contributed by atoms with Crippen molar-refractivity contribution >= 4 is 11.6 Å². The van der Waals surface area contributed by atoms with E-state index < -0.39 is 0 Å². The maximum atomic E-state index is 6.43. The van der Waals surface area contributed by atoms with Crippen LogP contribution in [-0.4, -0.2) is 4.98 Å². The Hall–Kier alpha value is -1.42. The van der Waals surface area contributed by atoms with Crippen molar-refractivity contribution in [1.82, 2.24) is 10.4 Å². The Kier molecular flexibility index (Phi) is 4.24. The molecule has 1 heterocycles. The second-order valence-corrected chi connectivity index (χ2v) is 6.12. The Bertz CT molecular complexity index is 642. The number of nitrogens with zero attached hydrogens (tertiary/aromatic N) is 1. The highest BCUT2D eigenvalue weighted by atomic mass is 35.5. The molecule has 2 unspecified atom stereocenters. The third-order valence-electron chi connectivity index (χ3n) is 4.31. The molecule has 3 nitrogen and oxygen atoms in total. The first-order chi connectivity index (χ1) is 10.2. The lowest BCUT2D eigenvalue weighted by Gasteiger charge is -2.31. The van der Waals surface area contributed by atoms with E-state index in [1.807, 2.05) is 25.3 Å². The molecule has 0 fully saturated rings. The number of pyridine rings is 1. The van der Waals surface area contributed by atoms with Crippen molar-refractivity contribution in [3.8, 4) is 0 Å². The standard InChI is InChI=1S/C17H20ClN3/c1-11-7-8-13(15(18)10-11)17(21-19)14-6-2-4-12-5-3-9-20-16(12)14/h3,5,7-10,14,17,21H,2,4,6,19H2,1H3. The van der Waals surface area contributed by atoms with E-state index >= 15 is 0 Å². The van der Waals surface area contributed by atoms with Crippen LogP contribution in [0, 0.1) is 6.92 Å². The summed E-state index contributed by atoms with van der Waals surface area (Å²) < 4.78 is 0. The molecule has 1 aromatic heterocycles. The van der Waals surface area contributed by atoms with Crippen LogP contribution >= 0.6 is 11.6 Å². The number of aryl methyl sites for hydroxylation is 2. The van der Waals surface area contributed by atoms with Crippen molar-refractivity contribution in [2.24, 2.45) is 5.84 Å². The van der Waals surface area contributed by atoms with Gasteiger partial charge in [-0.2, -0.15) is 0 Å². The van der Waals surface area contributed by atoms with Crippen LogP contribution in [-0.2, 0) is 6.42 Å². The average Bonchev–Trinajstić information content (AvgIpc) is 2.50. The van der Waals surface area contributed by atoms with E-state index in [0.717, 1.165) is 41.1 Å². The van der Waals surface area contributed by atoms with Gasteiger partial charge in [0, 0.05) is 22.8 Å². The van der Waals surface area contributed by atoms with Crippen molar-refractivity contribution in [1.29, 1.82) is 0 Å². The first-order valence-electron chi connectivity index (χ1n) is 7.36. The van der Waals surface area contributed by atoms with Crippen LogP contribution in [0.2, 0.25) is 5.02 Å². The van der Waals surface area contributed by atoms with Gasteiger partial charge >= 0.3 is 0 Å². The minimum absolute atomic E-state index is 0.00736. The predicted molar refractivity (Wildman–Crippen MR) is 86.2 cm³/mol. The van der Waals surface area contributed by atoms with Gasteiger partial charge in [0.1, 0.15) is 0 Å². The lowest BCUT2D eigenvalue weighted by molar-refractivity contribution is 0.400. The molecule has 0 bridgehead atoms. The van der Waals surface area contributed by atoms with Crippen molar-refractivity contribution in [2.75, 3.05) is 0 Å². The fourth-order valence-electron chi connectivity index (χ4n) is 3.28. The van der Waals surface area contributed by atoms with Gasteiger partial charge in [-0.15, -0.1) is 0 Å². The Morgan fingerprint density at radius 1 is 1.38 bits per heavy atom. The maximum Gasteiger partial charge on any atom is 0.0558 e. The highest BCUT2D eigenvalue weighted by Gasteiger charge is 2.30. The third kappa shape index (κ3) is 2.82. The summed E-state index contributed by atoms with van der Waals surface area (Å²) in [5, 5.41) is 0.765. The van der Waals surface area contributed by atoms with Gasteiger partial charge in [-0.3, -0.25) is 16.3 Å². The number of fused-ring (bicyclic) bond motifs is 1. The fraction of sp³-hybridized carbons (Fsp3) is 0.353. The summed E-state index contributed by atoms with van der Waals surface area (Å²) in [6.07, 6.45) is 5.19. The molecule has 21 heavy (non-hydrogen) atoms. The van der Waals surface area contributed by atoms with Crippen LogP contribution in [0.15, 0.2) is 36.5 Å². The topological polar surface area (TPSA) is 50.9 Å². The summed E-state index contributed by atoms with van der Waals surface area (Å²) in [5.41, 5.74) is 7.66. The second-order valence-electron chi connectivity index (χ2n) is 5.72. The number of halogens is 1. The highest BCUT2D eigenvalue weighted by Crippen LogP contribution is 2.40. The summed E-state index contributed by atoms with van der Waals surface area (Å²) in [7, 11) is 0. The quantitative estimate of drug-likeness (QED) is 0.672. The van der Waals surface area contributed by atoms with Crippen LogP contribution in [0.5, 0.6) is 0 Å². The molecule has 1 aliphatic carbocycles. The van der Waals surface area contributed by atoms with Crippen LogP contribution in [0.3, 0.4) is 0 Å². The number of rotatable bonds is 3. The molecule has 110 valence electrons. The molecule has 0 saturated carbocycles. The van der Waals surface area contributed by atoms with Gasteiger partial charge in [0.05, 0.1) is 6.04 Å². The molecule has 0 spiro atoms. The number of nitrogens with two attached hydrogens (primary N) is 1. The van der Waals surface area contributed by atoms with E-state index in [1.165, 1.54) is 5.56 Å². The van der Waals surface area contributed by atoms with Gasteiger partial charge in [-0.1, -0.05) is 29.8 Å². The zero-order chi connectivity index (χ0) is 14.8. The van der Waals surface area contributed by atoms with Crippen molar-refractivity contribution in [3.63, 3.8) is 0 Å². The minimum Gasteiger partial charge on any atom is -0.271 e. The van der Waals surface area contributed by atoms with E-state index in [-0.39, 0.29) is 12.0 Å². The van der Waals surface area contributed by atoms with E-state index in [0.29, 0.717) is 0 Å². The van der Waals surface area contributed by atoms with Gasteiger partial charge in [-0.25, -0.2) is 0 Å². The number of hydrogen-bond acceptors (Lipinski definition) is 3. The van der Waals surface area contributed by atoms with Gasteiger partial charge in [0.25, 0.3) is 0 Å². The smallest absolute Gasteiger partial charge is 0.0558 e. The first-order valence-corrected chi connectivity index (χ1v) is 7.74. The largest absolute Gasteiger partial charge is 0.271 e. The number of hydrazine groups is 1. The molecular formula is C17H20ClN3. The highest BCUT2D eigenvalue weighted by molar-refractivity contribution is 6.31. The van der Waals surface area contributed by atoms with Crippen LogP contribution in [0.25, 0.3) is 0 Å². The maximum absolute atomic E-state index is 6.43. The molecule has 2 aromatic rings. The Labute approximate surface area is 130 Å². The van der Waals surface area contributed by atoms with Crippen molar-refractivity contribution in [3.05, 3.63) is 63.9 Å². The second kappa shape index (κ2) is 6.14. The summed E-state index contributed by atoms with van der Waals surface area (Å²) in [6.45, 7) is 2.04. The average molecular weight is 302 g/mol. The summed E-state index contributed by atoms with van der Waals surface area (Å²) in [6, 6.07) is 10.3. The summed E-state index contributed by atoms with van der Waals surface area (Å²) >= 11 is 6.43. The molecule has 0 aliphatic heterocycles. The van der Waals surface area contributed by atoms with Crippen LogP contribution in [0.4, 0.5) is 0 Å². The predicted octanol–water partition coefficient (Wildman–Crippen LogP) is 3.67. The fourth-order valence-corrected chi connectivity index (χ4v) is 3.63. The van der Waals surface area contributed by atoms with Crippen molar-refractivity contribution < 1.29 is 0 Å². The lowest BCUT2D eigenvalue weighted by atomic mass is 9.79. The molecule has 1 aliphatic rings.